The average Bonchev–Trinajstić information content (AvgIpc) is 3.41. The van der Waals surface area contributed by atoms with Crippen LogP contribution in [0, 0.1) is 5.82 Å². The van der Waals surface area contributed by atoms with Crippen LogP contribution in [-0.4, -0.2) is 45.3 Å². The van der Waals surface area contributed by atoms with Crippen LogP contribution in [0.1, 0.15) is 30.4 Å². The molecule has 1 N–H and O–H groups in total. The summed E-state index contributed by atoms with van der Waals surface area (Å²) in [6, 6.07) is 9.82. The van der Waals surface area contributed by atoms with E-state index in [-0.39, 0.29) is 5.82 Å². The van der Waals surface area contributed by atoms with Crippen molar-refractivity contribution in [1.29, 1.82) is 0 Å². The monoisotopic (exact) mass is 422 g/mol. The minimum absolute atomic E-state index is 0.348. The summed E-state index contributed by atoms with van der Waals surface area (Å²) >= 11 is 0. The summed E-state index contributed by atoms with van der Waals surface area (Å²) in [6.07, 6.45) is 6.76. The van der Waals surface area contributed by atoms with Gasteiger partial charge >= 0.3 is 0 Å². The van der Waals surface area contributed by atoms with Crippen molar-refractivity contribution in [3.05, 3.63) is 71.9 Å². The zero-order valence-corrected chi connectivity index (χ0v) is 17.8. The standard InChI is InChI=1S/C23H27FN6O/c1-3-25-23(30-11-9-18(16-30)19-14-28-29(2)15-19)27-13-17-6-5-10-26-22(17)31-21-8-4-7-20(24)12-21/h4-8,10,12,14-15,18H,3,9,11,13,16H2,1-2H3,(H,25,27). The predicted molar refractivity (Wildman–Crippen MR) is 118 cm³/mol. The van der Waals surface area contributed by atoms with Crippen molar-refractivity contribution in [3.8, 4) is 11.6 Å². The van der Waals surface area contributed by atoms with Gasteiger partial charge < -0.3 is 15.0 Å². The van der Waals surface area contributed by atoms with E-state index in [1.807, 2.05) is 30.1 Å². The first-order valence-corrected chi connectivity index (χ1v) is 10.5. The van der Waals surface area contributed by atoms with Gasteiger partial charge in [0.15, 0.2) is 5.96 Å². The second-order valence-corrected chi connectivity index (χ2v) is 7.58. The Balaban J connectivity index is 1.48. The second-order valence-electron chi connectivity index (χ2n) is 7.58. The average molecular weight is 423 g/mol. The van der Waals surface area contributed by atoms with Crippen LogP contribution in [0.25, 0.3) is 0 Å². The lowest BCUT2D eigenvalue weighted by molar-refractivity contribution is 0.451. The second kappa shape index (κ2) is 9.59. The molecule has 162 valence electrons. The molecule has 1 fully saturated rings. The topological polar surface area (TPSA) is 67.6 Å². The van der Waals surface area contributed by atoms with Crippen LogP contribution in [0.15, 0.2) is 60.0 Å². The van der Waals surface area contributed by atoms with E-state index in [4.69, 9.17) is 9.73 Å². The first-order chi connectivity index (χ1) is 15.1. The molecule has 0 bridgehead atoms. The van der Waals surface area contributed by atoms with E-state index in [0.29, 0.717) is 24.1 Å². The number of aromatic nitrogens is 3. The van der Waals surface area contributed by atoms with Crippen LogP contribution in [0.5, 0.6) is 11.6 Å². The smallest absolute Gasteiger partial charge is 0.224 e. The lowest BCUT2D eigenvalue weighted by Crippen LogP contribution is -2.40. The molecular formula is C23H27FN6O. The Bertz CT molecular complexity index is 1050. The third-order valence-corrected chi connectivity index (χ3v) is 5.28. The summed E-state index contributed by atoms with van der Waals surface area (Å²) < 4.78 is 21.2. The molecule has 1 aliphatic rings. The van der Waals surface area contributed by atoms with Crippen molar-refractivity contribution in [3.63, 3.8) is 0 Å². The molecule has 31 heavy (non-hydrogen) atoms. The quantitative estimate of drug-likeness (QED) is 0.485. The molecule has 0 saturated carbocycles. The molecule has 8 heteroatoms. The minimum atomic E-state index is -0.348. The Morgan fingerprint density at radius 1 is 1.32 bits per heavy atom. The number of aliphatic imine (C=N–C) groups is 1. The van der Waals surface area contributed by atoms with E-state index in [1.165, 1.54) is 17.7 Å². The number of nitrogens with one attached hydrogen (secondary N) is 1. The number of pyridine rings is 1. The molecule has 1 unspecified atom stereocenters. The fourth-order valence-electron chi connectivity index (χ4n) is 3.74. The molecular weight excluding hydrogens is 395 g/mol. The number of halogens is 1. The van der Waals surface area contributed by atoms with Crippen molar-refractivity contribution >= 4 is 5.96 Å². The van der Waals surface area contributed by atoms with E-state index >= 15 is 0 Å². The number of guanidine groups is 1. The van der Waals surface area contributed by atoms with Gasteiger partial charge in [0.05, 0.1) is 12.7 Å². The summed E-state index contributed by atoms with van der Waals surface area (Å²) in [6.45, 7) is 5.09. The fraction of sp³-hybridized carbons (Fsp3) is 0.348. The van der Waals surface area contributed by atoms with Crippen LogP contribution in [-0.2, 0) is 13.6 Å². The first-order valence-electron chi connectivity index (χ1n) is 10.5. The molecule has 1 aliphatic heterocycles. The molecule has 3 aromatic rings. The highest BCUT2D eigenvalue weighted by atomic mass is 19.1. The maximum atomic E-state index is 13.5. The van der Waals surface area contributed by atoms with Gasteiger partial charge in [0.1, 0.15) is 11.6 Å². The Kier molecular flexibility index (Phi) is 6.45. The first kappa shape index (κ1) is 20.8. The van der Waals surface area contributed by atoms with E-state index in [1.54, 1.807) is 18.3 Å². The van der Waals surface area contributed by atoms with Gasteiger partial charge in [0.2, 0.25) is 5.88 Å². The van der Waals surface area contributed by atoms with Crippen LogP contribution in [0.2, 0.25) is 0 Å². The molecule has 2 aromatic heterocycles. The maximum Gasteiger partial charge on any atom is 0.224 e. The van der Waals surface area contributed by atoms with Gasteiger partial charge in [-0.1, -0.05) is 12.1 Å². The Morgan fingerprint density at radius 3 is 3.00 bits per heavy atom. The van der Waals surface area contributed by atoms with Crippen LogP contribution >= 0.6 is 0 Å². The van der Waals surface area contributed by atoms with Crippen molar-refractivity contribution in [2.24, 2.45) is 12.0 Å². The number of benzene rings is 1. The summed E-state index contributed by atoms with van der Waals surface area (Å²) in [7, 11) is 1.94. The molecule has 1 atom stereocenters. The molecule has 1 saturated heterocycles. The number of hydrogen-bond acceptors (Lipinski definition) is 4. The minimum Gasteiger partial charge on any atom is -0.439 e. The molecule has 0 aliphatic carbocycles. The zero-order valence-electron chi connectivity index (χ0n) is 17.8. The van der Waals surface area contributed by atoms with Gasteiger partial charge in [-0.3, -0.25) is 4.68 Å². The van der Waals surface area contributed by atoms with Crippen LogP contribution in [0.4, 0.5) is 4.39 Å². The number of aryl methyl sites for hydroxylation is 1. The van der Waals surface area contributed by atoms with Gasteiger partial charge in [-0.15, -0.1) is 0 Å². The Labute approximate surface area is 181 Å². The predicted octanol–water partition coefficient (Wildman–Crippen LogP) is 3.70. The summed E-state index contributed by atoms with van der Waals surface area (Å²) in [4.78, 5) is 11.4. The zero-order chi connectivity index (χ0) is 21.6. The van der Waals surface area contributed by atoms with Crippen molar-refractivity contribution in [1.82, 2.24) is 25.0 Å². The molecule has 0 spiro atoms. The number of rotatable bonds is 6. The molecule has 7 nitrogen and oxygen atoms in total. The van der Waals surface area contributed by atoms with E-state index in [9.17, 15) is 4.39 Å². The van der Waals surface area contributed by atoms with Crippen molar-refractivity contribution < 1.29 is 9.13 Å². The van der Waals surface area contributed by atoms with E-state index in [0.717, 1.165) is 37.6 Å². The summed E-state index contributed by atoms with van der Waals surface area (Å²) in [5.41, 5.74) is 2.10. The highest BCUT2D eigenvalue weighted by molar-refractivity contribution is 5.80. The summed E-state index contributed by atoms with van der Waals surface area (Å²) in [5.74, 6) is 1.81. The Morgan fingerprint density at radius 2 is 2.23 bits per heavy atom. The third kappa shape index (κ3) is 5.20. The van der Waals surface area contributed by atoms with Crippen molar-refractivity contribution in [2.45, 2.75) is 25.8 Å². The lowest BCUT2D eigenvalue weighted by Gasteiger charge is -2.21. The Hall–Kier alpha value is -3.42. The maximum absolute atomic E-state index is 13.5. The number of likely N-dealkylation sites (tertiary alicyclic amines) is 1. The highest BCUT2D eigenvalue weighted by Gasteiger charge is 2.27. The van der Waals surface area contributed by atoms with E-state index in [2.05, 4.69) is 33.4 Å². The molecule has 0 radical (unpaired) electrons. The SMILES string of the molecule is CCNC(=NCc1cccnc1Oc1cccc(F)c1)N1CCC(c2cnn(C)c2)C1. The van der Waals surface area contributed by atoms with Crippen LogP contribution < -0.4 is 10.1 Å². The van der Waals surface area contributed by atoms with Gasteiger partial charge in [0.25, 0.3) is 0 Å². The largest absolute Gasteiger partial charge is 0.439 e. The molecule has 1 aromatic carbocycles. The molecule has 3 heterocycles. The normalized spacial score (nSPS) is 16.5. The van der Waals surface area contributed by atoms with Gasteiger partial charge in [-0.2, -0.15) is 5.10 Å². The van der Waals surface area contributed by atoms with Gasteiger partial charge in [-0.05, 0) is 37.1 Å². The van der Waals surface area contributed by atoms with Gasteiger partial charge in [-0.25, -0.2) is 14.4 Å². The molecule has 4 rings (SSSR count). The third-order valence-electron chi connectivity index (χ3n) is 5.28. The summed E-state index contributed by atoms with van der Waals surface area (Å²) in [5, 5.41) is 7.69. The van der Waals surface area contributed by atoms with Gasteiger partial charge in [0, 0.05) is 56.6 Å². The number of hydrogen-bond donors (Lipinski definition) is 1. The van der Waals surface area contributed by atoms with Crippen LogP contribution in [0.3, 0.4) is 0 Å². The molecule has 0 amide bonds. The van der Waals surface area contributed by atoms with Crippen molar-refractivity contribution in [2.75, 3.05) is 19.6 Å². The fourth-order valence-corrected chi connectivity index (χ4v) is 3.74. The van der Waals surface area contributed by atoms with E-state index < -0.39 is 0 Å². The highest BCUT2D eigenvalue weighted by Crippen LogP contribution is 2.27. The lowest BCUT2D eigenvalue weighted by atomic mass is 10.0. The number of nitrogens with zero attached hydrogens (tertiary/aromatic N) is 5. The number of ether oxygens (including phenoxy) is 1.